The molecule has 0 atom stereocenters. The van der Waals surface area contributed by atoms with E-state index in [1.54, 1.807) is 17.0 Å². The average molecular weight is 394 g/mol. The Morgan fingerprint density at radius 1 is 1.04 bits per heavy atom. The first-order valence-electron chi connectivity index (χ1n) is 9.18. The van der Waals surface area contributed by atoms with Crippen molar-refractivity contribution in [1.82, 2.24) is 9.88 Å². The Kier molecular flexibility index (Phi) is 6.55. The zero-order chi connectivity index (χ0) is 19.9. The Balaban J connectivity index is 1.67. The van der Waals surface area contributed by atoms with Crippen molar-refractivity contribution in [2.45, 2.75) is 13.8 Å². The second-order valence-corrected chi connectivity index (χ2v) is 7.76. The molecule has 0 aliphatic rings. The van der Waals surface area contributed by atoms with Crippen molar-refractivity contribution >= 4 is 28.3 Å². The van der Waals surface area contributed by atoms with Crippen molar-refractivity contribution in [1.29, 1.82) is 0 Å². The van der Waals surface area contributed by atoms with Crippen LogP contribution in [0.4, 0.5) is 5.13 Å². The highest BCUT2D eigenvalue weighted by molar-refractivity contribution is 7.14. The van der Waals surface area contributed by atoms with E-state index in [1.807, 2.05) is 67.8 Å². The SMILES string of the molecule is CC(C)CN(CC(=O)Nc1nc(-c2ccccc2)cs1)C(=O)c1ccccc1. The lowest BCUT2D eigenvalue weighted by Crippen LogP contribution is -2.40. The molecule has 1 N–H and O–H groups in total. The standard InChI is InChI=1S/C22H23N3O2S/c1-16(2)13-25(21(27)18-11-7-4-8-12-18)14-20(26)24-22-23-19(15-28-22)17-9-5-3-6-10-17/h3-12,15-16H,13-14H2,1-2H3,(H,23,24,26). The van der Waals surface area contributed by atoms with Crippen LogP contribution in [0.15, 0.2) is 66.0 Å². The summed E-state index contributed by atoms with van der Waals surface area (Å²) in [6, 6.07) is 18.8. The molecule has 0 aliphatic carbocycles. The number of hydrogen-bond acceptors (Lipinski definition) is 4. The van der Waals surface area contributed by atoms with Gasteiger partial charge in [0, 0.05) is 23.1 Å². The maximum atomic E-state index is 12.8. The number of hydrogen-bond donors (Lipinski definition) is 1. The molecule has 144 valence electrons. The van der Waals surface area contributed by atoms with E-state index in [-0.39, 0.29) is 24.3 Å². The Hall–Kier alpha value is -2.99. The number of amides is 2. The maximum Gasteiger partial charge on any atom is 0.254 e. The van der Waals surface area contributed by atoms with E-state index in [1.165, 1.54) is 11.3 Å². The molecule has 1 heterocycles. The molecule has 0 unspecified atom stereocenters. The van der Waals surface area contributed by atoms with Gasteiger partial charge >= 0.3 is 0 Å². The largest absolute Gasteiger partial charge is 0.329 e. The van der Waals surface area contributed by atoms with Gasteiger partial charge in [-0.3, -0.25) is 9.59 Å². The summed E-state index contributed by atoms with van der Waals surface area (Å²) in [4.78, 5) is 31.4. The van der Waals surface area contributed by atoms with Crippen molar-refractivity contribution in [3.05, 3.63) is 71.6 Å². The van der Waals surface area contributed by atoms with E-state index >= 15 is 0 Å². The highest BCUT2D eigenvalue weighted by Crippen LogP contribution is 2.24. The fraction of sp³-hybridized carbons (Fsp3) is 0.227. The third kappa shape index (κ3) is 5.27. The van der Waals surface area contributed by atoms with Gasteiger partial charge in [0.2, 0.25) is 5.91 Å². The molecule has 0 aliphatic heterocycles. The van der Waals surface area contributed by atoms with E-state index in [0.29, 0.717) is 17.2 Å². The summed E-state index contributed by atoms with van der Waals surface area (Å²) in [5.74, 6) is -0.141. The molecule has 0 bridgehead atoms. The van der Waals surface area contributed by atoms with E-state index < -0.39 is 0 Å². The highest BCUT2D eigenvalue weighted by atomic mass is 32.1. The zero-order valence-electron chi connectivity index (χ0n) is 16.0. The van der Waals surface area contributed by atoms with Crippen molar-refractivity contribution in [2.24, 2.45) is 5.92 Å². The Bertz CT molecular complexity index is 923. The van der Waals surface area contributed by atoms with Crippen LogP contribution >= 0.6 is 11.3 Å². The lowest BCUT2D eigenvalue weighted by Gasteiger charge is -2.24. The van der Waals surface area contributed by atoms with Crippen LogP contribution in [0, 0.1) is 5.92 Å². The molecular formula is C22H23N3O2S. The number of carbonyl (C=O) groups excluding carboxylic acids is 2. The molecule has 3 aromatic rings. The van der Waals surface area contributed by atoms with Crippen molar-refractivity contribution in [2.75, 3.05) is 18.4 Å². The zero-order valence-corrected chi connectivity index (χ0v) is 16.8. The van der Waals surface area contributed by atoms with E-state index in [2.05, 4.69) is 10.3 Å². The molecular weight excluding hydrogens is 370 g/mol. The molecule has 28 heavy (non-hydrogen) atoms. The molecule has 2 aromatic carbocycles. The molecule has 0 spiro atoms. The molecule has 1 aromatic heterocycles. The normalized spacial score (nSPS) is 10.7. The minimum Gasteiger partial charge on any atom is -0.329 e. The number of nitrogens with one attached hydrogen (secondary N) is 1. The topological polar surface area (TPSA) is 62.3 Å². The number of aromatic nitrogens is 1. The molecule has 0 fully saturated rings. The lowest BCUT2D eigenvalue weighted by molar-refractivity contribution is -0.117. The highest BCUT2D eigenvalue weighted by Gasteiger charge is 2.20. The van der Waals surface area contributed by atoms with Gasteiger partial charge < -0.3 is 10.2 Å². The average Bonchev–Trinajstić information content (AvgIpc) is 3.16. The predicted molar refractivity (Wildman–Crippen MR) is 113 cm³/mol. The first-order chi connectivity index (χ1) is 13.5. The minimum atomic E-state index is -0.251. The summed E-state index contributed by atoms with van der Waals surface area (Å²) in [6.07, 6.45) is 0. The van der Waals surface area contributed by atoms with Gasteiger partial charge in [-0.05, 0) is 18.1 Å². The molecule has 3 rings (SSSR count). The lowest BCUT2D eigenvalue weighted by atomic mass is 10.1. The molecule has 2 amide bonds. The quantitative estimate of drug-likeness (QED) is 0.641. The van der Waals surface area contributed by atoms with Crippen LogP contribution in [0.2, 0.25) is 0 Å². The molecule has 0 saturated heterocycles. The number of rotatable bonds is 7. The molecule has 5 nitrogen and oxygen atoms in total. The Morgan fingerprint density at radius 2 is 1.68 bits per heavy atom. The van der Waals surface area contributed by atoms with Gasteiger partial charge in [0.25, 0.3) is 5.91 Å². The summed E-state index contributed by atoms with van der Waals surface area (Å²) < 4.78 is 0. The molecule has 0 saturated carbocycles. The van der Waals surface area contributed by atoms with Crippen LogP contribution in [-0.2, 0) is 4.79 Å². The predicted octanol–water partition coefficient (Wildman–Crippen LogP) is 4.55. The fourth-order valence-electron chi connectivity index (χ4n) is 2.83. The van der Waals surface area contributed by atoms with Crippen LogP contribution in [0.25, 0.3) is 11.3 Å². The van der Waals surface area contributed by atoms with Crippen molar-refractivity contribution in [3.63, 3.8) is 0 Å². The van der Waals surface area contributed by atoms with Gasteiger partial charge in [0.05, 0.1) is 5.69 Å². The van der Waals surface area contributed by atoms with Gasteiger partial charge in [0.1, 0.15) is 6.54 Å². The second kappa shape index (κ2) is 9.28. The number of anilines is 1. The number of nitrogens with zero attached hydrogens (tertiary/aromatic N) is 2. The maximum absolute atomic E-state index is 12.8. The Morgan fingerprint density at radius 3 is 2.32 bits per heavy atom. The minimum absolute atomic E-state index is 0.00778. The van der Waals surface area contributed by atoms with Gasteiger partial charge in [-0.15, -0.1) is 11.3 Å². The summed E-state index contributed by atoms with van der Waals surface area (Å²) >= 11 is 1.37. The number of benzene rings is 2. The fourth-order valence-corrected chi connectivity index (χ4v) is 3.56. The third-order valence-corrected chi connectivity index (χ3v) is 4.81. The van der Waals surface area contributed by atoms with Crippen LogP contribution < -0.4 is 5.32 Å². The van der Waals surface area contributed by atoms with E-state index in [9.17, 15) is 9.59 Å². The van der Waals surface area contributed by atoms with Gasteiger partial charge in [0.15, 0.2) is 5.13 Å². The van der Waals surface area contributed by atoms with Crippen LogP contribution in [0.5, 0.6) is 0 Å². The monoisotopic (exact) mass is 393 g/mol. The van der Waals surface area contributed by atoms with Gasteiger partial charge in [-0.2, -0.15) is 0 Å². The first kappa shape index (κ1) is 19.8. The van der Waals surface area contributed by atoms with Crippen molar-refractivity contribution < 1.29 is 9.59 Å². The van der Waals surface area contributed by atoms with E-state index in [0.717, 1.165) is 11.3 Å². The summed E-state index contributed by atoms with van der Waals surface area (Å²) in [5, 5.41) is 5.25. The second-order valence-electron chi connectivity index (χ2n) is 6.90. The molecule has 0 radical (unpaired) electrons. The van der Waals surface area contributed by atoms with Crippen LogP contribution in [0.1, 0.15) is 24.2 Å². The number of thiazole rings is 1. The number of carbonyl (C=O) groups is 2. The smallest absolute Gasteiger partial charge is 0.254 e. The van der Waals surface area contributed by atoms with Crippen LogP contribution in [0.3, 0.4) is 0 Å². The summed E-state index contributed by atoms with van der Waals surface area (Å²) in [7, 11) is 0. The third-order valence-electron chi connectivity index (χ3n) is 4.05. The van der Waals surface area contributed by atoms with E-state index in [4.69, 9.17) is 0 Å². The van der Waals surface area contributed by atoms with Crippen molar-refractivity contribution in [3.8, 4) is 11.3 Å². The summed E-state index contributed by atoms with van der Waals surface area (Å²) in [6.45, 7) is 4.55. The van der Waals surface area contributed by atoms with Crippen LogP contribution in [-0.4, -0.2) is 34.8 Å². The molecule has 6 heteroatoms. The van der Waals surface area contributed by atoms with Gasteiger partial charge in [-0.1, -0.05) is 62.4 Å². The van der Waals surface area contributed by atoms with Gasteiger partial charge in [-0.25, -0.2) is 4.98 Å². The summed E-state index contributed by atoms with van der Waals surface area (Å²) in [5.41, 5.74) is 2.40. The first-order valence-corrected chi connectivity index (χ1v) is 10.1. The Labute approximate surface area is 169 Å².